The third-order valence-corrected chi connectivity index (χ3v) is 3.94. The first kappa shape index (κ1) is 13.2. The summed E-state index contributed by atoms with van der Waals surface area (Å²) in [5.41, 5.74) is 1.99. The molecule has 1 atom stereocenters. The lowest BCUT2D eigenvalue weighted by Crippen LogP contribution is -1.99. The van der Waals surface area contributed by atoms with Crippen molar-refractivity contribution in [1.29, 1.82) is 0 Å². The van der Waals surface area contributed by atoms with Crippen molar-refractivity contribution in [3.8, 4) is 11.3 Å². The van der Waals surface area contributed by atoms with Gasteiger partial charge in [-0.2, -0.15) is 11.8 Å². The summed E-state index contributed by atoms with van der Waals surface area (Å²) < 4.78 is 5.33. The molecule has 0 bridgehead atoms. The smallest absolute Gasteiger partial charge is 0.167 e. The fourth-order valence-electron chi connectivity index (χ4n) is 1.61. The number of aromatic nitrogens is 1. The maximum Gasteiger partial charge on any atom is 0.167 e. The first-order chi connectivity index (χ1) is 8.79. The Labute approximate surface area is 111 Å². The van der Waals surface area contributed by atoms with Crippen molar-refractivity contribution >= 4 is 11.8 Å². The third kappa shape index (κ3) is 3.62. The Morgan fingerprint density at radius 3 is 2.83 bits per heavy atom. The Morgan fingerprint density at radius 2 is 2.11 bits per heavy atom. The van der Waals surface area contributed by atoms with Crippen LogP contribution in [0.1, 0.15) is 19.0 Å². The van der Waals surface area contributed by atoms with E-state index in [2.05, 4.69) is 12.1 Å². The van der Waals surface area contributed by atoms with Crippen molar-refractivity contribution in [3.05, 3.63) is 42.1 Å². The lowest BCUT2D eigenvalue weighted by molar-refractivity contribution is 0.289. The lowest BCUT2D eigenvalue weighted by atomic mass is 10.2. The van der Waals surface area contributed by atoms with Crippen LogP contribution in [0.2, 0.25) is 0 Å². The van der Waals surface area contributed by atoms with Crippen molar-refractivity contribution in [2.75, 3.05) is 6.61 Å². The molecule has 2 rings (SSSR count). The van der Waals surface area contributed by atoms with Crippen molar-refractivity contribution in [3.63, 3.8) is 0 Å². The van der Waals surface area contributed by atoms with E-state index in [1.807, 2.05) is 36.4 Å². The normalized spacial score (nSPS) is 12.6. The summed E-state index contributed by atoms with van der Waals surface area (Å²) in [6, 6.07) is 11.9. The lowest BCUT2D eigenvalue weighted by Gasteiger charge is -2.06. The molecule has 1 aromatic heterocycles. The maximum atomic E-state index is 8.84. The van der Waals surface area contributed by atoms with E-state index in [1.54, 1.807) is 11.8 Å². The number of rotatable bonds is 6. The quantitative estimate of drug-likeness (QED) is 0.868. The molecule has 0 aliphatic heterocycles. The summed E-state index contributed by atoms with van der Waals surface area (Å²) in [4.78, 5) is 0. The van der Waals surface area contributed by atoms with E-state index in [-0.39, 0.29) is 6.61 Å². The number of aliphatic hydroxyl groups excluding tert-OH is 1. The fourth-order valence-corrected chi connectivity index (χ4v) is 2.47. The van der Waals surface area contributed by atoms with Crippen LogP contribution in [0.5, 0.6) is 0 Å². The van der Waals surface area contributed by atoms with Gasteiger partial charge in [-0.15, -0.1) is 0 Å². The number of nitrogens with zero attached hydrogens (tertiary/aromatic N) is 1. The zero-order chi connectivity index (χ0) is 12.8. The highest BCUT2D eigenvalue weighted by Crippen LogP contribution is 2.24. The Kier molecular flexibility index (Phi) is 4.84. The van der Waals surface area contributed by atoms with E-state index in [1.165, 1.54) is 0 Å². The van der Waals surface area contributed by atoms with Gasteiger partial charge in [-0.1, -0.05) is 42.4 Å². The molecule has 96 valence electrons. The number of benzene rings is 1. The molecule has 2 aromatic rings. The second-order valence-electron chi connectivity index (χ2n) is 4.18. The molecular weight excluding hydrogens is 246 g/mol. The molecule has 18 heavy (non-hydrogen) atoms. The molecule has 0 fully saturated rings. The van der Waals surface area contributed by atoms with Crippen molar-refractivity contribution in [2.45, 2.75) is 24.3 Å². The van der Waals surface area contributed by atoms with Crippen LogP contribution < -0.4 is 0 Å². The molecule has 0 spiro atoms. The molecular formula is C14H17NO2S. The van der Waals surface area contributed by atoms with Gasteiger partial charge in [0.2, 0.25) is 0 Å². The van der Waals surface area contributed by atoms with Crippen LogP contribution in [0.3, 0.4) is 0 Å². The Balaban J connectivity index is 1.95. The van der Waals surface area contributed by atoms with Gasteiger partial charge < -0.3 is 9.63 Å². The van der Waals surface area contributed by atoms with E-state index in [0.717, 1.165) is 29.2 Å². The van der Waals surface area contributed by atoms with E-state index >= 15 is 0 Å². The number of aliphatic hydroxyl groups is 1. The van der Waals surface area contributed by atoms with Crippen LogP contribution in [0.15, 0.2) is 40.9 Å². The molecule has 1 heterocycles. The zero-order valence-corrected chi connectivity index (χ0v) is 11.2. The highest BCUT2D eigenvalue weighted by Gasteiger charge is 2.08. The molecule has 0 saturated heterocycles. The topological polar surface area (TPSA) is 46.3 Å². The summed E-state index contributed by atoms with van der Waals surface area (Å²) in [6.45, 7) is 2.35. The summed E-state index contributed by atoms with van der Waals surface area (Å²) in [5, 5.41) is 13.3. The standard InChI is InChI=1S/C14H17NO2S/c1-11(7-8-16)18-10-13-9-14(17-15-13)12-5-3-2-4-6-12/h2-6,9,11,16H,7-8,10H2,1H3. The van der Waals surface area contributed by atoms with Gasteiger partial charge >= 0.3 is 0 Å². The predicted molar refractivity (Wildman–Crippen MR) is 74.4 cm³/mol. The molecule has 1 unspecified atom stereocenters. The molecule has 0 amide bonds. The molecule has 0 saturated carbocycles. The van der Waals surface area contributed by atoms with Gasteiger partial charge in [0.1, 0.15) is 0 Å². The second-order valence-corrected chi connectivity index (χ2v) is 5.61. The van der Waals surface area contributed by atoms with E-state index in [9.17, 15) is 0 Å². The largest absolute Gasteiger partial charge is 0.396 e. The number of thioether (sulfide) groups is 1. The highest BCUT2D eigenvalue weighted by atomic mass is 32.2. The average molecular weight is 263 g/mol. The average Bonchev–Trinajstić information content (AvgIpc) is 2.87. The summed E-state index contributed by atoms with van der Waals surface area (Å²) in [6.07, 6.45) is 0.814. The predicted octanol–water partition coefficient (Wildman–Crippen LogP) is 3.35. The van der Waals surface area contributed by atoms with E-state index in [4.69, 9.17) is 9.63 Å². The van der Waals surface area contributed by atoms with Gasteiger partial charge in [-0.25, -0.2) is 0 Å². The SMILES string of the molecule is CC(CCO)SCc1cc(-c2ccccc2)on1. The minimum absolute atomic E-state index is 0.238. The van der Waals surface area contributed by atoms with Crippen LogP contribution >= 0.6 is 11.8 Å². The van der Waals surface area contributed by atoms with Crippen molar-refractivity contribution < 1.29 is 9.63 Å². The van der Waals surface area contributed by atoms with E-state index in [0.29, 0.717) is 5.25 Å². The van der Waals surface area contributed by atoms with Crippen molar-refractivity contribution in [1.82, 2.24) is 5.16 Å². The molecule has 1 aromatic carbocycles. The van der Waals surface area contributed by atoms with E-state index < -0.39 is 0 Å². The van der Waals surface area contributed by atoms with Gasteiger partial charge in [0.15, 0.2) is 5.76 Å². The number of hydrogen-bond acceptors (Lipinski definition) is 4. The second kappa shape index (κ2) is 6.61. The van der Waals surface area contributed by atoms with Crippen LogP contribution in [-0.2, 0) is 5.75 Å². The maximum absolute atomic E-state index is 8.84. The zero-order valence-electron chi connectivity index (χ0n) is 10.4. The third-order valence-electron chi connectivity index (χ3n) is 2.67. The van der Waals surface area contributed by atoms with Crippen LogP contribution in [0.4, 0.5) is 0 Å². The van der Waals surface area contributed by atoms with Gasteiger partial charge in [0.05, 0.1) is 5.69 Å². The van der Waals surface area contributed by atoms with Crippen molar-refractivity contribution in [2.24, 2.45) is 0 Å². The Morgan fingerprint density at radius 1 is 1.33 bits per heavy atom. The summed E-state index contributed by atoms with van der Waals surface area (Å²) in [5.74, 6) is 1.62. The molecule has 4 heteroatoms. The molecule has 0 aliphatic carbocycles. The Hall–Kier alpha value is -1.26. The van der Waals surface area contributed by atoms with Gasteiger partial charge in [0, 0.05) is 29.2 Å². The molecule has 0 aliphatic rings. The summed E-state index contributed by atoms with van der Waals surface area (Å²) >= 11 is 1.78. The van der Waals surface area contributed by atoms with Gasteiger partial charge in [-0.05, 0) is 6.42 Å². The van der Waals surface area contributed by atoms with Crippen LogP contribution in [0.25, 0.3) is 11.3 Å². The molecule has 1 N–H and O–H groups in total. The summed E-state index contributed by atoms with van der Waals surface area (Å²) in [7, 11) is 0. The first-order valence-corrected chi connectivity index (χ1v) is 7.08. The fraction of sp³-hybridized carbons (Fsp3) is 0.357. The number of hydrogen-bond donors (Lipinski definition) is 1. The first-order valence-electron chi connectivity index (χ1n) is 6.03. The van der Waals surface area contributed by atoms with Crippen LogP contribution in [-0.4, -0.2) is 22.1 Å². The molecule has 3 nitrogen and oxygen atoms in total. The van der Waals surface area contributed by atoms with Gasteiger partial charge in [0.25, 0.3) is 0 Å². The monoisotopic (exact) mass is 263 g/mol. The van der Waals surface area contributed by atoms with Gasteiger partial charge in [-0.3, -0.25) is 0 Å². The minimum Gasteiger partial charge on any atom is -0.396 e. The highest BCUT2D eigenvalue weighted by molar-refractivity contribution is 7.99. The minimum atomic E-state index is 0.238. The Bertz CT molecular complexity index is 470. The molecule has 0 radical (unpaired) electrons. The van der Waals surface area contributed by atoms with Crippen LogP contribution in [0, 0.1) is 0 Å².